The van der Waals surface area contributed by atoms with Crippen LogP contribution in [0.1, 0.15) is 25.8 Å². The van der Waals surface area contributed by atoms with Crippen molar-refractivity contribution in [3.8, 4) is 0 Å². The quantitative estimate of drug-likeness (QED) is 0.870. The van der Waals surface area contributed by atoms with Gasteiger partial charge in [-0.3, -0.25) is 9.69 Å². The highest BCUT2D eigenvalue weighted by Crippen LogP contribution is 2.21. The molecule has 0 atom stereocenters. The summed E-state index contributed by atoms with van der Waals surface area (Å²) in [7, 11) is 0. The lowest BCUT2D eigenvalue weighted by Crippen LogP contribution is -2.44. The van der Waals surface area contributed by atoms with Gasteiger partial charge in [-0.05, 0) is 32.4 Å². The van der Waals surface area contributed by atoms with Crippen LogP contribution < -0.4 is 4.90 Å². The van der Waals surface area contributed by atoms with Gasteiger partial charge in [0, 0.05) is 25.3 Å². The van der Waals surface area contributed by atoms with Crippen molar-refractivity contribution < 1.29 is 14.7 Å². The molecule has 1 N–H and O–H groups in total. The molecule has 0 spiro atoms. The second-order valence-corrected chi connectivity index (χ2v) is 4.54. The summed E-state index contributed by atoms with van der Waals surface area (Å²) in [5, 5.41) is 8.86. The molecule has 20 heavy (non-hydrogen) atoms. The monoisotopic (exact) mass is 278 g/mol. The maximum absolute atomic E-state index is 12.5. The van der Waals surface area contributed by atoms with Gasteiger partial charge >= 0.3 is 12.0 Å². The lowest BCUT2D eigenvalue weighted by atomic mass is 10.2. The molecule has 0 aliphatic rings. The zero-order valence-electron chi connectivity index (χ0n) is 12.3. The molecule has 0 unspecified atom stereocenters. The number of aryl methyl sites for hydroxylation is 1. The number of amides is 2. The summed E-state index contributed by atoms with van der Waals surface area (Å²) in [6, 6.07) is 7.37. The van der Waals surface area contributed by atoms with Crippen molar-refractivity contribution in [1.29, 1.82) is 0 Å². The van der Waals surface area contributed by atoms with Gasteiger partial charge in [-0.15, -0.1) is 0 Å². The van der Waals surface area contributed by atoms with Crippen molar-refractivity contribution >= 4 is 17.7 Å². The van der Waals surface area contributed by atoms with Crippen LogP contribution in [0.4, 0.5) is 10.5 Å². The third kappa shape index (κ3) is 3.98. The molecule has 1 rings (SSSR count). The summed E-state index contributed by atoms with van der Waals surface area (Å²) in [5.41, 5.74) is 1.73. The Bertz CT molecular complexity index is 470. The van der Waals surface area contributed by atoms with Crippen molar-refractivity contribution in [2.45, 2.75) is 27.2 Å². The smallest absolute Gasteiger partial charge is 0.324 e. The van der Waals surface area contributed by atoms with Gasteiger partial charge in [-0.1, -0.05) is 18.2 Å². The van der Waals surface area contributed by atoms with Crippen molar-refractivity contribution in [1.82, 2.24) is 4.90 Å². The molecule has 0 saturated carbocycles. The van der Waals surface area contributed by atoms with Crippen molar-refractivity contribution in [2.75, 3.05) is 24.5 Å². The first kappa shape index (κ1) is 16.0. The van der Waals surface area contributed by atoms with E-state index in [1.54, 1.807) is 9.80 Å². The van der Waals surface area contributed by atoms with Crippen LogP contribution in [0.25, 0.3) is 0 Å². The maximum Gasteiger partial charge on any atom is 0.324 e. The Morgan fingerprint density at radius 2 is 1.75 bits per heavy atom. The average Bonchev–Trinajstić information content (AvgIpc) is 2.42. The van der Waals surface area contributed by atoms with E-state index in [4.69, 9.17) is 5.11 Å². The zero-order valence-corrected chi connectivity index (χ0v) is 12.3. The van der Waals surface area contributed by atoms with Crippen LogP contribution in [0.5, 0.6) is 0 Å². The molecular formula is C15H22N2O3. The number of aliphatic carboxylic acids is 1. The number of nitrogens with zero attached hydrogens (tertiary/aromatic N) is 2. The van der Waals surface area contributed by atoms with Crippen LogP contribution in [0.3, 0.4) is 0 Å². The molecule has 1 aromatic rings. The SMILES string of the molecule is CCN(CC)C(=O)N(CCC(=O)O)c1ccccc1C. The highest BCUT2D eigenvalue weighted by Gasteiger charge is 2.22. The molecule has 0 saturated heterocycles. The first-order valence-corrected chi connectivity index (χ1v) is 6.85. The minimum atomic E-state index is -0.907. The molecule has 0 fully saturated rings. The Morgan fingerprint density at radius 1 is 1.15 bits per heavy atom. The summed E-state index contributed by atoms with van der Waals surface area (Å²) in [6.45, 7) is 7.12. The molecule has 0 radical (unpaired) electrons. The molecule has 0 aromatic heterocycles. The minimum absolute atomic E-state index is 0.0681. The molecule has 1 aromatic carbocycles. The highest BCUT2D eigenvalue weighted by atomic mass is 16.4. The number of benzene rings is 1. The fourth-order valence-electron chi connectivity index (χ4n) is 2.06. The molecular weight excluding hydrogens is 256 g/mol. The number of carboxylic acid groups (broad SMARTS) is 1. The largest absolute Gasteiger partial charge is 0.481 e. The lowest BCUT2D eigenvalue weighted by molar-refractivity contribution is -0.136. The Hall–Kier alpha value is -2.04. The number of carboxylic acids is 1. The predicted octanol–water partition coefficient (Wildman–Crippen LogP) is 2.74. The number of para-hydroxylation sites is 1. The van der Waals surface area contributed by atoms with E-state index in [9.17, 15) is 9.59 Å². The van der Waals surface area contributed by atoms with E-state index < -0.39 is 5.97 Å². The van der Waals surface area contributed by atoms with Gasteiger partial charge in [0.1, 0.15) is 0 Å². The first-order valence-electron chi connectivity index (χ1n) is 6.85. The zero-order chi connectivity index (χ0) is 15.1. The van der Waals surface area contributed by atoms with E-state index in [0.717, 1.165) is 11.3 Å². The number of hydrogen-bond acceptors (Lipinski definition) is 2. The van der Waals surface area contributed by atoms with Gasteiger partial charge in [0.2, 0.25) is 0 Å². The maximum atomic E-state index is 12.5. The number of hydrogen-bond donors (Lipinski definition) is 1. The fraction of sp³-hybridized carbons (Fsp3) is 0.467. The van der Waals surface area contributed by atoms with Crippen LogP contribution in [0.2, 0.25) is 0 Å². The van der Waals surface area contributed by atoms with Crippen LogP contribution in [0, 0.1) is 6.92 Å². The Labute approximate surface area is 119 Å². The van der Waals surface area contributed by atoms with Crippen LogP contribution in [0.15, 0.2) is 24.3 Å². The molecule has 0 aliphatic carbocycles. The fourth-order valence-corrected chi connectivity index (χ4v) is 2.06. The van der Waals surface area contributed by atoms with E-state index >= 15 is 0 Å². The number of rotatable bonds is 6. The number of urea groups is 1. The minimum Gasteiger partial charge on any atom is -0.481 e. The van der Waals surface area contributed by atoms with E-state index in [-0.39, 0.29) is 19.0 Å². The summed E-state index contributed by atoms with van der Waals surface area (Å²) < 4.78 is 0. The van der Waals surface area contributed by atoms with Crippen LogP contribution >= 0.6 is 0 Å². The van der Waals surface area contributed by atoms with Crippen molar-refractivity contribution in [2.24, 2.45) is 0 Å². The molecule has 110 valence electrons. The molecule has 0 bridgehead atoms. The summed E-state index contributed by atoms with van der Waals surface area (Å²) in [4.78, 5) is 26.6. The second kappa shape index (κ2) is 7.53. The van der Waals surface area contributed by atoms with E-state index in [1.165, 1.54) is 0 Å². The first-order chi connectivity index (χ1) is 9.51. The Morgan fingerprint density at radius 3 is 2.25 bits per heavy atom. The molecule has 5 nitrogen and oxygen atoms in total. The Kier molecular flexibility index (Phi) is 6.03. The summed E-state index contributed by atoms with van der Waals surface area (Å²) in [6.07, 6.45) is -0.0681. The molecule has 0 heterocycles. The van der Waals surface area contributed by atoms with Gasteiger partial charge in [-0.25, -0.2) is 4.79 Å². The van der Waals surface area contributed by atoms with Crippen molar-refractivity contribution in [3.63, 3.8) is 0 Å². The third-order valence-electron chi connectivity index (χ3n) is 3.22. The van der Waals surface area contributed by atoms with Crippen molar-refractivity contribution in [3.05, 3.63) is 29.8 Å². The predicted molar refractivity (Wildman–Crippen MR) is 79.1 cm³/mol. The Balaban J connectivity index is 3.05. The van der Waals surface area contributed by atoms with E-state index in [0.29, 0.717) is 13.1 Å². The van der Waals surface area contributed by atoms with Crippen LogP contribution in [-0.4, -0.2) is 41.6 Å². The topological polar surface area (TPSA) is 60.9 Å². The van der Waals surface area contributed by atoms with E-state index in [1.807, 2.05) is 45.0 Å². The van der Waals surface area contributed by atoms with Crippen LogP contribution in [-0.2, 0) is 4.79 Å². The normalized spacial score (nSPS) is 10.2. The molecule has 2 amide bonds. The van der Waals surface area contributed by atoms with Gasteiger partial charge in [0.25, 0.3) is 0 Å². The van der Waals surface area contributed by atoms with Gasteiger partial charge < -0.3 is 10.0 Å². The summed E-state index contributed by atoms with van der Waals surface area (Å²) in [5.74, 6) is -0.907. The third-order valence-corrected chi connectivity index (χ3v) is 3.22. The van der Waals surface area contributed by atoms with Gasteiger partial charge in [0.15, 0.2) is 0 Å². The highest BCUT2D eigenvalue weighted by molar-refractivity contribution is 5.93. The van der Waals surface area contributed by atoms with Gasteiger partial charge in [0.05, 0.1) is 6.42 Å². The number of anilines is 1. The molecule has 0 aliphatic heterocycles. The lowest BCUT2D eigenvalue weighted by Gasteiger charge is -2.30. The molecule has 5 heteroatoms. The van der Waals surface area contributed by atoms with Gasteiger partial charge in [-0.2, -0.15) is 0 Å². The second-order valence-electron chi connectivity index (χ2n) is 4.54. The number of carbonyl (C=O) groups is 2. The standard InChI is InChI=1S/C15H22N2O3/c1-4-16(5-2)15(20)17(11-10-14(18)19)13-9-7-6-8-12(13)3/h6-9H,4-5,10-11H2,1-3H3,(H,18,19). The average molecular weight is 278 g/mol. The number of carbonyl (C=O) groups excluding carboxylic acids is 1. The summed E-state index contributed by atoms with van der Waals surface area (Å²) >= 11 is 0. The van der Waals surface area contributed by atoms with E-state index in [2.05, 4.69) is 0 Å².